The molecule has 2 atom stereocenters. The van der Waals surface area contributed by atoms with E-state index in [2.05, 4.69) is 0 Å². The van der Waals surface area contributed by atoms with E-state index in [4.69, 9.17) is 9.84 Å². The second kappa shape index (κ2) is 7.97. The summed E-state index contributed by atoms with van der Waals surface area (Å²) in [4.78, 5) is 26.2. The van der Waals surface area contributed by atoms with Gasteiger partial charge in [-0.2, -0.15) is 0 Å². The molecule has 0 spiro atoms. The molecule has 1 saturated heterocycles. The monoisotopic (exact) mass is 369 g/mol. The van der Waals surface area contributed by atoms with Gasteiger partial charge in [0.15, 0.2) is 15.9 Å². The number of nitrogens with zero attached hydrogens (tertiary/aromatic N) is 1. The van der Waals surface area contributed by atoms with Crippen molar-refractivity contribution in [3.05, 3.63) is 35.4 Å². The number of aliphatic hydroxyl groups excluding tert-OH is 1. The molecule has 0 aromatic heterocycles. The Morgan fingerprint density at radius 2 is 1.96 bits per heavy atom. The van der Waals surface area contributed by atoms with Gasteiger partial charge in [0.2, 0.25) is 0 Å². The molecule has 1 fully saturated rings. The van der Waals surface area contributed by atoms with E-state index in [9.17, 15) is 18.0 Å². The van der Waals surface area contributed by atoms with Gasteiger partial charge in [-0.05, 0) is 38.0 Å². The lowest BCUT2D eigenvalue weighted by Crippen LogP contribution is -2.46. The van der Waals surface area contributed by atoms with Crippen molar-refractivity contribution in [2.45, 2.75) is 39.0 Å². The normalized spacial score (nSPS) is 20.0. The van der Waals surface area contributed by atoms with Gasteiger partial charge in [0.1, 0.15) is 0 Å². The highest BCUT2D eigenvalue weighted by Crippen LogP contribution is 2.19. The van der Waals surface area contributed by atoms with Crippen LogP contribution in [0.4, 0.5) is 0 Å². The summed E-state index contributed by atoms with van der Waals surface area (Å²) in [5.41, 5.74) is 0.948. The fraction of sp³-hybridized carbons (Fsp3) is 0.529. The first-order valence-electron chi connectivity index (χ1n) is 8.19. The van der Waals surface area contributed by atoms with Crippen LogP contribution in [0.5, 0.6) is 0 Å². The van der Waals surface area contributed by atoms with Crippen molar-refractivity contribution in [2.75, 3.05) is 18.1 Å². The largest absolute Gasteiger partial charge is 0.449 e. The quantitative estimate of drug-likeness (QED) is 0.743. The smallest absolute Gasteiger partial charge is 0.338 e. The molecule has 0 aliphatic carbocycles. The van der Waals surface area contributed by atoms with E-state index in [0.29, 0.717) is 18.5 Å². The maximum atomic E-state index is 12.6. The second-order valence-corrected chi connectivity index (χ2v) is 8.31. The molecule has 1 aromatic carbocycles. The van der Waals surface area contributed by atoms with Gasteiger partial charge in [-0.15, -0.1) is 0 Å². The minimum Gasteiger partial charge on any atom is -0.449 e. The van der Waals surface area contributed by atoms with E-state index in [1.54, 1.807) is 19.1 Å². The van der Waals surface area contributed by atoms with Gasteiger partial charge >= 0.3 is 5.97 Å². The Bertz CT molecular complexity index is 728. The molecule has 138 valence electrons. The minimum atomic E-state index is -3.10. The molecule has 1 amide bonds. The van der Waals surface area contributed by atoms with Gasteiger partial charge in [-0.1, -0.05) is 12.1 Å². The SMILES string of the molecule is CCN(C(=O)[C@H](C)OC(=O)c1ccc(CO)cc1)[C@H]1CCS(=O)(=O)C1. The molecule has 0 unspecified atom stereocenters. The van der Waals surface area contributed by atoms with Crippen molar-refractivity contribution < 1.29 is 27.9 Å². The van der Waals surface area contributed by atoms with Gasteiger partial charge in [0, 0.05) is 12.6 Å². The summed E-state index contributed by atoms with van der Waals surface area (Å²) in [5, 5.41) is 9.01. The third-order valence-corrected chi connectivity index (χ3v) is 6.03. The lowest BCUT2D eigenvalue weighted by Gasteiger charge is -2.29. The highest BCUT2D eigenvalue weighted by atomic mass is 32.2. The van der Waals surface area contributed by atoms with Crippen LogP contribution in [0.1, 0.15) is 36.2 Å². The maximum absolute atomic E-state index is 12.6. The number of carbonyl (C=O) groups excluding carboxylic acids is 2. The first-order valence-corrected chi connectivity index (χ1v) is 10.0. The number of amides is 1. The van der Waals surface area contributed by atoms with Crippen molar-refractivity contribution in [1.82, 2.24) is 4.90 Å². The number of ether oxygens (including phenoxy) is 1. The van der Waals surface area contributed by atoms with E-state index in [1.807, 2.05) is 0 Å². The molecule has 2 rings (SSSR count). The summed E-state index contributed by atoms with van der Waals surface area (Å²) >= 11 is 0. The molecular formula is C17H23NO6S. The van der Waals surface area contributed by atoms with Gasteiger partial charge in [-0.3, -0.25) is 4.79 Å². The summed E-state index contributed by atoms with van der Waals surface area (Å²) in [6, 6.07) is 5.88. The Balaban J connectivity index is 2.01. The van der Waals surface area contributed by atoms with E-state index >= 15 is 0 Å². The van der Waals surface area contributed by atoms with Crippen molar-refractivity contribution in [2.24, 2.45) is 0 Å². The molecule has 1 aliphatic rings. The topological polar surface area (TPSA) is 101 Å². The Hall–Kier alpha value is -1.93. The standard InChI is InChI=1S/C17H23NO6S/c1-3-18(15-8-9-25(22,23)11-15)16(20)12(2)24-17(21)14-6-4-13(10-19)5-7-14/h4-7,12,15,19H,3,8-11H2,1-2H3/t12-,15-/m0/s1. The molecule has 8 heteroatoms. The van der Waals surface area contributed by atoms with E-state index < -0.39 is 27.8 Å². The molecule has 1 aliphatic heterocycles. The summed E-state index contributed by atoms with van der Waals surface area (Å²) < 4.78 is 28.5. The number of rotatable bonds is 6. The second-order valence-electron chi connectivity index (χ2n) is 6.08. The molecule has 1 heterocycles. The zero-order valence-corrected chi connectivity index (χ0v) is 15.2. The van der Waals surface area contributed by atoms with Crippen molar-refractivity contribution in [3.8, 4) is 0 Å². The third-order valence-electron chi connectivity index (χ3n) is 4.28. The summed E-state index contributed by atoms with van der Waals surface area (Å²) in [7, 11) is -3.10. The number of esters is 1. The summed E-state index contributed by atoms with van der Waals surface area (Å²) in [6.45, 7) is 3.48. The average Bonchev–Trinajstić information content (AvgIpc) is 2.95. The Kier molecular flexibility index (Phi) is 6.18. The predicted octanol–water partition coefficient (Wildman–Crippen LogP) is 0.760. The Labute approximate surface area is 147 Å². The van der Waals surface area contributed by atoms with Crippen LogP contribution < -0.4 is 0 Å². The lowest BCUT2D eigenvalue weighted by molar-refractivity contribution is -0.141. The maximum Gasteiger partial charge on any atom is 0.338 e. The average molecular weight is 369 g/mol. The molecule has 0 saturated carbocycles. The molecule has 0 radical (unpaired) electrons. The van der Waals surface area contributed by atoms with Gasteiger partial charge in [0.05, 0.1) is 23.7 Å². The van der Waals surface area contributed by atoms with Crippen molar-refractivity contribution >= 4 is 21.7 Å². The summed E-state index contributed by atoms with van der Waals surface area (Å²) in [5.74, 6) is -1.01. The number of likely N-dealkylation sites (N-methyl/N-ethyl adjacent to an activating group) is 1. The minimum absolute atomic E-state index is 0.0458. The Morgan fingerprint density at radius 1 is 1.32 bits per heavy atom. The first kappa shape index (κ1) is 19.4. The van der Waals surface area contributed by atoms with Crippen LogP contribution in [0.2, 0.25) is 0 Å². The highest BCUT2D eigenvalue weighted by Gasteiger charge is 2.36. The van der Waals surface area contributed by atoms with Gasteiger partial charge in [0.25, 0.3) is 5.91 Å². The zero-order valence-electron chi connectivity index (χ0n) is 14.3. The number of hydrogen-bond acceptors (Lipinski definition) is 6. The molecule has 1 aromatic rings. The number of aliphatic hydroxyl groups is 1. The molecule has 25 heavy (non-hydrogen) atoms. The van der Waals surface area contributed by atoms with Gasteiger partial charge in [-0.25, -0.2) is 13.2 Å². The first-order chi connectivity index (χ1) is 11.8. The predicted molar refractivity (Wildman–Crippen MR) is 91.7 cm³/mol. The van der Waals surface area contributed by atoms with Gasteiger partial charge < -0.3 is 14.7 Å². The number of carbonyl (C=O) groups is 2. The molecule has 1 N–H and O–H groups in total. The number of sulfone groups is 1. The number of hydrogen-bond donors (Lipinski definition) is 1. The third kappa shape index (κ3) is 4.79. The van der Waals surface area contributed by atoms with E-state index in [-0.39, 0.29) is 29.7 Å². The molecule has 0 bridgehead atoms. The van der Waals surface area contributed by atoms with E-state index in [0.717, 1.165) is 0 Å². The Morgan fingerprint density at radius 3 is 2.44 bits per heavy atom. The fourth-order valence-corrected chi connectivity index (χ4v) is 4.60. The lowest BCUT2D eigenvalue weighted by atomic mass is 10.1. The van der Waals surface area contributed by atoms with Crippen LogP contribution in [0.15, 0.2) is 24.3 Å². The van der Waals surface area contributed by atoms with Crippen LogP contribution in [-0.2, 0) is 26.0 Å². The summed E-state index contributed by atoms with van der Waals surface area (Å²) in [6.07, 6.45) is -0.598. The van der Waals surface area contributed by atoms with Crippen molar-refractivity contribution in [3.63, 3.8) is 0 Å². The molecule has 7 nitrogen and oxygen atoms in total. The van der Waals surface area contributed by atoms with Crippen LogP contribution in [0, 0.1) is 0 Å². The molecular weight excluding hydrogens is 346 g/mol. The van der Waals surface area contributed by atoms with Crippen LogP contribution in [-0.4, -0.2) is 60.5 Å². The van der Waals surface area contributed by atoms with Crippen LogP contribution in [0.3, 0.4) is 0 Å². The number of benzene rings is 1. The van der Waals surface area contributed by atoms with E-state index in [1.165, 1.54) is 24.0 Å². The van der Waals surface area contributed by atoms with Crippen LogP contribution in [0.25, 0.3) is 0 Å². The van der Waals surface area contributed by atoms with Crippen molar-refractivity contribution in [1.29, 1.82) is 0 Å². The fourth-order valence-electron chi connectivity index (χ4n) is 2.87. The van der Waals surface area contributed by atoms with Crippen LogP contribution >= 0.6 is 0 Å². The highest BCUT2D eigenvalue weighted by molar-refractivity contribution is 7.91. The zero-order chi connectivity index (χ0) is 18.6.